The van der Waals surface area contributed by atoms with Crippen LogP contribution in [-0.2, 0) is 6.54 Å². The van der Waals surface area contributed by atoms with Crippen molar-refractivity contribution in [2.24, 2.45) is 11.8 Å². The van der Waals surface area contributed by atoms with Gasteiger partial charge in [0.05, 0.1) is 0 Å². The minimum atomic E-state index is 0.717. The first-order chi connectivity index (χ1) is 8.65. The highest BCUT2D eigenvalue weighted by atomic mass is 79.9. The van der Waals surface area contributed by atoms with E-state index in [1.165, 1.54) is 31.2 Å². The molecule has 0 radical (unpaired) electrons. The summed E-state index contributed by atoms with van der Waals surface area (Å²) in [5.41, 5.74) is 1.38. The standard InChI is InChI=1S/C16H24BrN/c1-12(2)14-4-3-5-16(10-14)18-11-13-6-8-15(17)9-7-13/h6-9,12,14,16,18H,3-5,10-11H2,1-2H3. The Labute approximate surface area is 119 Å². The first-order valence-corrected chi connectivity index (χ1v) is 7.92. The van der Waals surface area contributed by atoms with Crippen molar-refractivity contribution in [2.45, 2.75) is 52.1 Å². The Hall–Kier alpha value is -0.340. The molecule has 1 aromatic rings. The van der Waals surface area contributed by atoms with Gasteiger partial charge in [-0.05, 0) is 42.4 Å². The molecule has 0 spiro atoms. The summed E-state index contributed by atoms with van der Waals surface area (Å²) in [5, 5.41) is 3.73. The first-order valence-electron chi connectivity index (χ1n) is 7.13. The number of nitrogens with one attached hydrogen (secondary N) is 1. The number of hydrogen-bond acceptors (Lipinski definition) is 1. The SMILES string of the molecule is CC(C)C1CCCC(NCc2ccc(Br)cc2)C1. The molecule has 0 amide bonds. The third-order valence-corrected chi connectivity index (χ3v) is 4.69. The fourth-order valence-electron chi connectivity index (χ4n) is 2.88. The number of benzene rings is 1. The molecule has 0 aliphatic heterocycles. The van der Waals surface area contributed by atoms with E-state index in [2.05, 4.69) is 59.4 Å². The van der Waals surface area contributed by atoms with Gasteiger partial charge in [-0.25, -0.2) is 0 Å². The van der Waals surface area contributed by atoms with Gasteiger partial charge >= 0.3 is 0 Å². The Kier molecular flexibility index (Phi) is 5.25. The van der Waals surface area contributed by atoms with E-state index in [-0.39, 0.29) is 0 Å². The minimum Gasteiger partial charge on any atom is -0.310 e. The molecule has 18 heavy (non-hydrogen) atoms. The highest BCUT2D eigenvalue weighted by molar-refractivity contribution is 9.10. The van der Waals surface area contributed by atoms with Crippen molar-refractivity contribution in [3.63, 3.8) is 0 Å². The molecule has 0 aromatic heterocycles. The molecular weight excluding hydrogens is 286 g/mol. The summed E-state index contributed by atoms with van der Waals surface area (Å²) >= 11 is 3.48. The third-order valence-electron chi connectivity index (χ3n) is 4.17. The molecule has 1 N–H and O–H groups in total. The summed E-state index contributed by atoms with van der Waals surface area (Å²) in [6.07, 6.45) is 5.52. The molecule has 1 aliphatic carbocycles. The van der Waals surface area contributed by atoms with Crippen LogP contribution >= 0.6 is 15.9 Å². The van der Waals surface area contributed by atoms with E-state index >= 15 is 0 Å². The lowest BCUT2D eigenvalue weighted by atomic mass is 9.79. The first kappa shape index (κ1) is 14.1. The zero-order valence-electron chi connectivity index (χ0n) is 11.5. The molecule has 1 fully saturated rings. The van der Waals surface area contributed by atoms with Gasteiger partial charge < -0.3 is 5.32 Å². The van der Waals surface area contributed by atoms with E-state index in [1.807, 2.05) is 0 Å². The van der Waals surface area contributed by atoms with Gasteiger partial charge in [0, 0.05) is 17.1 Å². The van der Waals surface area contributed by atoms with Gasteiger partial charge in [-0.15, -0.1) is 0 Å². The molecule has 2 unspecified atom stereocenters. The van der Waals surface area contributed by atoms with E-state index < -0.39 is 0 Å². The normalized spacial score (nSPS) is 24.4. The third kappa shape index (κ3) is 4.10. The summed E-state index contributed by atoms with van der Waals surface area (Å²) in [5.74, 6) is 1.75. The largest absolute Gasteiger partial charge is 0.310 e. The highest BCUT2D eigenvalue weighted by Gasteiger charge is 2.23. The van der Waals surface area contributed by atoms with Crippen LogP contribution in [0, 0.1) is 11.8 Å². The van der Waals surface area contributed by atoms with Crippen molar-refractivity contribution in [3.8, 4) is 0 Å². The van der Waals surface area contributed by atoms with Crippen LogP contribution in [0.5, 0.6) is 0 Å². The van der Waals surface area contributed by atoms with Crippen molar-refractivity contribution < 1.29 is 0 Å². The van der Waals surface area contributed by atoms with Gasteiger partial charge in [-0.3, -0.25) is 0 Å². The molecule has 2 heteroatoms. The zero-order valence-corrected chi connectivity index (χ0v) is 13.0. The van der Waals surface area contributed by atoms with Gasteiger partial charge in [0.15, 0.2) is 0 Å². The van der Waals surface area contributed by atoms with E-state index in [0.717, 1.165) is 28.9 Å². The van der Waals surface area contributed by atoms with Crippen LogP contribution in [0.25, 0.3) is 0 Å². The summed E-state index contributed by atoms with van der Waals surface area (Å²) in [6, 6.07) is 9.35. The van der Waals surface area contributed by atoms with Gasteiger partial charge in [0.2, 0.25) is 0 Å². The summed E-state index contributed by atoms with van der Waals surface area (Å²) in [7, 11) is 0. The molecule has 0 saturated heterocycles. The Morgan fingerprint density at radius 3 is 2.61 bits per heavy atom. The van der Waals surface area contributed by atoms with Gasteiger partial charge in [0.25, 0.3) is 0 Å². The molecule has 2 atom stereocenters. The van der Waals surface area contributed by atoms with Gasteiger partial charge in [-0.1, -0.05) is 54.8 Å². The van der Waals surface area contributed by atoms with Crippen molar-refractivity contribution >= 4 is 15.9 Å². The molecule has 0 bridgehead atoms. The van der Waals surface area contributed by atoms with Crippen molar-refractivity contribution in [2.75, 3.05) is 0 Å². The maximum Gasteiger partial charge on any atom is 0.0208 e. The quantitative estimate of drug-likeness (QED) is 0.846. The minimum absolute atomic E-state index is 0.717. The van der Waals surface area contributed by atoms with E-state index in [0.29, 0.717) is 0 Å². The van der Waals surface area contributed by atoms with Crippen LogP contribution in [0.2, 0.25) is 0 Å². The lowest BCUT2D eigenvalue weighted by molar-refractivity contribution is 0.231. The molecule has 1 saturated carbocycles. The predicted molar refractivity (Wildman–Crippen MR) is 81.6 cm³/mol. The molecular formula is C16H24BrN. The molecule has 0 heterocycles. The van der Waals surface area contributed by atoms with Crippen molar-refractivity contribution in [3.05, 3.63) is 34.3 Å². The smallest absolute Gasteiger partial charge is 0.0208 e. The van der Waals surface area contributed by atoms with Gasteiger partial charge in [0.1, 0.15) is 0 Å². The second kappa shape index (κ2) is 6.72. The van der Waals surface area contributed by atoms with Crippen LogP contribution < -0.4 is 5.32 Å². The Morgan fingerprint density at radius 2 is 1.94 bits per heavy atom. The topological polar surface area (TPSA) is 12.0 Å². The van der Waals surface area contributed by atoms with Crippen molar-refractivity contribution in [1.82, 2.24) is 5.32 Å². The second-order valence-electron chi connectivity index (χ2n) is 5.87. The lowest BCUT2D eigenvalue weighted by Gasteiger charge is -2.32. The number of rotatable bonds is 4. The van der Waals surface area contributed by atoms with Crippen LogP contribution in [-0.4, -0.2) is 6.04 Å². The summed E-state index contributed by atoms with van der Waals surface area (Å²) in [6.45, 7) is 5.73. The van der Waals surface area contributed by atoms with E-state index in [1.54, 1.807) is 0 Å². The average Bonchev–Trinajstić information content (AvgIpc) is 2.38. The second-order valence-corrected chi connectivity index (χ2v) is 6.79. The van der Waals surface area contributed by atoms with E-state index in [9.17, 15) is 0 Å². The van der Waals surface area contributed by atoms with Crippen LogP contribution in [0.15, 0.2) is 28.7 Å². The summed E-state index contributed by atoms with van der Waals surface area (Å²) in [4.78, 5) is 0. The van der Waals surface area contributed by atoms with Gasteiger partial charge in [-0.2, -0.15) is 0 Å². The fourth-order valence-corrected chi connectivity index (χ4v) is 3.15. The van der Waals surface area contributed by atoms with Crippen LogP contribution in [0.4, 0.5) is 0 Å². The van der Waals surface area contributed by atoms with Crippen LogP contribution in [0.3, 0.4) is 0 Å². The molecule has 1 nitrogen and oxygen atoms in total. The predicted octanol–water partition coefficient (Wildman–Crippen LogP) is 4.75. The maximum absolute atomic E-state index is 3.73. The van der Waals surface area contributed by atoms with E-state index in [4.69, 9.17) is 0 Å². The number of halogens is 1. The molecule has 1 aromatic carbocycles. The van der Waals surface area contributed by atoms with Crippen LogP contribution in [0.1, 0.15) is 45.1 Å². The fraction of sp³-hybridized carbons (Fsp3) is 0.625. The lowest BCUT2D eigenvalue weighted by Crippen LogP contribution is -2.35. The number of hydrogen-bond donors (Lipinski definition) is 1. The zero-order chi connectivity index (χ0) is 13.0. The van der Waals surface area contributed by atoms with Crippen molar-refractivity contribution in [1.29, 1.82) is 0 Å². The maximum atomic E-state index is 3.73. The Morgan fingerprint density at radius 1 is 1.22 bits per heavy atom. The highest BCUT2D eigenvalue weighted by Crippen LogP contribution is 2.30. The molecule has 1 aliphatic rings. The Bertz CT molecular complexity index is 358. The monoisotopic (exact) mass is 309 g/mol. The molecule has 100 valence electrons. The Balaban J connectivity index is 1.81. The summed E-state index contributed by atoms with van der Waals surface area (Å²) < 4.78 is 1.16. The average molecular weight is 310 g/mol. The molecule has 2 rings (SSSR count).